The molecule has 0 radical (unpaired) electrons. The molecule has 0 N–H and O–H groups in total. The van der Waals surface area contributed by atoms with Crippen molar-refractivity contribution in [1.82, 2.24) is 0 Å². The van der Waals surface area contributed by atoms with Gasteiger partial charge in [-0.25, -0.2) is 0 Å². The molecular weight excluding hydrogens is 307 g/mol. The van der Waals surface area contributed by atoms with Crippen molar-refractivity contribution in [3.05, 3.63) is 38.9 Å². The number of hydrogen-bond donors (Lipinski definition) is 0. The van der Waals surface area contributed by atoms with Gasteiger partial charge in [-0.15, -0.1) is 0 Å². The molecule has 0 heterocycles. The number of rotatable bonds is 2. The first-order chi connectivity index (χ1) is 5.70. The zero-order chi connectivity index (χ0) is 8.97. The lowest BCUT2D eigenvalue weighted by Gasteiger charge is -1.96. The fraction of sp³-hybridized carbons (Fsp3) is 0. The van der Waals surface area contributed by atoms with Crippen LogP contribution in [-0.2, 0) is 0 Å². The van der Waals surface area contributed by atoms with E-state index in [1.165, 1.54) is 0 Å². The van der Waals surface area contributed by atoms with Crippen molar-refractivity contribution in [1.29, 1.82) is 0 Å². The Labute approximate surface area is 91.5 Å². The molecule has 0 aliphatic heterocycles. The Balaban J connectivity index is 2.72. The van der Waals surface area contributed by atoms with Crippen molar-refractivity contribution in [2.24, 2.45) is 0 Å². The van der Waals surface area contributed by atoms with E-state index in [9.17, 15) is 4.39 Å². The molecule has 12 heavy (non-hydrogen) atoms. The summed E-state index contributed by atoms with van der Waals surface area (Å²) < 4.78 is 13.3. The summed E-state index contributed by atoms with van der Waals surface area (Å²) in [6, 6.07) is 9.35. The Hall–Kier alpha value is 0.200. The highest BCUT2D eigenvalue weighted by molar-refractivity contribution is 9.28. The van der Waals surface area contributed by atoms with E-state index >= 15 is 0 Å². The second kappa shape index (κ2) is 5.04. The highest BCUT2D eigenvalue weighted by Gasteiger charge is 2.01. The van der Waals surface area contributed by atoms with E-state index in [-0.39, 0.29) is 5.16 Å². The van der Waals surface area contributed by atoms with Crippen molar-refractivity contribution < 1.29 is 4.39 Å². The molecule has 0 spiro atoms. The van der Waals surface area contributed by atoms with Gasteiger partial charge in [-0.05, 0) is 44.0 Å². The minimum absolute atomic E-state index is 0.277. The van der Waals surface area contributed by atoms with Crippen LogP contribution in [0.4, 0.5) is 4.39 Å². The maximum absolute atomic E-state index is 13.0. The third-order valence-corrected chi connectivity index (χ3v) is 3.21. The smallest absolute Gasteiger partial charge is 0.182 e. The third-order valence-electron chi connectivity index (χ3n) is 1.10. The van der Waals surface area contributed by atoms with Gasteiger partial charge in [-0.2, -0.15) is 4.39 Å². The SMILES string of the molecule is FC(Sc1ccccc1)=C(Br)Br. The summed E-state index contributed by atoms with van der Waals surface area (Å²) in [5.74, 6) is 0. The quantitative estimate of drug-likeness (QED) is 0.716. The molecule has 0 bridgehead atoms. The van der Waals surface area contributed by atoms with E-state index in [1.807, 2.05) is 30.3 Å². The third kappa shape index (κ3) is 3.29. The van der Waals surface area contributed by atoms with Gasteiger partial charge in [0.2, 0.25) is 0 Å². The molecule has 0 atom stereocenters. The Kier molecular flexibility index (Phi) is 4.32. The number of hydrogen-bond acceptors (Lipinski definition) is 1. The molecule has 0 saturated heterocycles. The highest BCUT2D eigenvalue weighted by atomic mass is 79.9. The minimum Gasteiger partial charge on any atom is -0.197 e. The number of halogens is 3. The van der Waals surface area contributed by atoms with E-state index in [1.54, 1.807) is 0 Å². The Morgan fingerprint density at radius 2 is 1.75 bits per heavy atom. The zero-order valence-corrected chi connectivity index (χ0v) is 9.92. The van der Waals surface area contributed by atoms with Gasteiger partial charge >= 0.3 is 0 Å². The zero-order valence-electron chi connectivity index (χ0n) is 5.93. The molecule has 0 fully saturated rings. The molecule has 1 aromatic carbocycles. The van der Waals surface area contributed by atoms with Crippen LogP contribution in [0.25, 0.3) is 0 Å². The predicted molar refractivity (Wildman–Crippen MR) is 58.3 cm³/mol. The van der Waals surface area contributed by atoms with Crippen molar-refractivity contribution in [2.45, 2.75) is 4.90 Å². The molecule has 0 aliphatic rings. The fourth-order valence-corrected chi connectivity index (χ4v) is 1.69. The molecule has 0 aliphatic carbocycles. The minimum atomic E-state index is -0.277. The van der Waals surface area contributed by atoms with Gasteiger partial charge in [0.15, 0.2) is 5.16 Å². The maximum Gasteiger partial charge on any atom is 0.182 e. The summed E-state index contributed by atoms with van der Waals surface area (Å²) in [6.07, 6.45) is 0. The van der Waals surface area contributed by atoms with Crippen LogP contribution in [0.15, 0.2) is 43.8 Å². The van der Waals surface area contributed by atoms with Gasteiger partial charge in [-0.1, -0.05) is 30.0 Å². The van der Waals surface area contributed by atoms with E-state index < -0.39 is 0 Å². The molecule has 0 aromatic heterocycles. The van der Waals surface area contributed by atoms with Crippen LogP contribution in [0.3, 0.4) is 0 Å². The van der Waals surface area contributed by atoms with Crippen LogP contribution < -0.4 is 0 Å². The lowest BCUT2D eigenvalue weighted by molar-refractivity contribution is 0.701. The average molecular weight is 312 g/mol. The Morgan fingerprint density at radius 3 is 2.25 bits per heavy atom. The van der Waals surface area contributed by atoms with Crippen LogP contribution in [0.2, 0.25) is 0 Å². The van der Waals surface area contributed by atoms with Gasteiger partial charge in [0.1, 0.15) is 3.39 Å². The monoisotopic (exact) mass is 310 g/mol. The summed E-state index contributed by atoms with van der Waals surface area (Å²) in [5.41, 5.74) is 0. The molecule has 1 rings (SSSR count). The molecule has 0 nitrogen and oxygen atoms in total. The summed E-state index contributed by atoms with van der Waals surface area (Å²) in [7, 11) is 0. The van der Waals surface area contributed by atoms with Gasteiger partial charge < -0.3 is 0 Å². The Bertz CT molecular complexity index is 280. The molecule has 0 unspecified atom stereocenters. The lowest BCUT2D eigenvalue weighted by atomic mass is 10.4. The Morgan fingerprint density at radius 1 is 1.17 bits per heavy atom. The summed E-state index contributed by atoms with van der Waals surface area (Å²) >= 11 is 7.07. The second-order valence-electron chi connectivity index (χ2n) is 1.95. The van der Waals surface area contributed by atoms with Gasteiger partial charge in [0.25, 0.3) is 0 Å². The standard InChI is InChI=1S/C8H5Br2FS/c9-7(10)8(11)12-6-4-2-1-3-5-6/h1-5H. The summed E-state index contributed by atoms with van der Waals surface area (Å²) in [5, 5.41) is -0.277. The molecular formula is C8H5Br2FS. The second-order valence-corrected chi connectivity index (χ2v) is 5.63. The van der Waals surface area contributed by atoms with Gasteiger partial charge in [-0.3, -0.25) is 0 Å². The lowest BCUT2D eigenvalue weighted by Crippen LogP contribution is -1.69. The van der Waals surface area contributed by atoms with E-state index in [0.717, 1.165) is 16.7 Å². The van der Waals surface area contributed by atoms with Crippen molar-refractivity contribution in [3.8, 4) is 0 Å². The topological polar surface area (TPSA) is 0 Å². The van der Waals surface area contributed by atoms with Crippen LogP contribution in [0.1, 0.15) is 0 Å². The number of thioether (sulfide) groups is 1. The highest BCUT2D eigenvalue weighted by Crippen LogP contribution is 2.34. The van der Waals surface area contributed by atoms with E-state index in [0.29, 0.717) is 3.39 Å². The molecule has 1 aromatic rings. The summed E-state index contributed by atoms with van der Waals surface area (Å²) in [4.78, 5) is 0.881. The van der Waals surface area contributed by atoms with Gasteiger partial charge in [0.05, 0.1) is 0 Å². The van der Waals surface area contributed by atoms with Crippen LogP contribution in [-0.4, -0.2) is 0 Å². The molecule has 0 amide bonds. The van der Waals surface area contributed by atoms with Crippen molar-refractivity contribution >= 4 is 43.6 Å². The molecule has 0 saturated carbocycles. The predicted octanol–water partition coefficient (Wildman–Crippen LogP) is 4.66. The molecule has 64 valence electrons. The van der Waals surface area contributed by atoms with Gasteiger partial charge in [0, 0.05) is 4.90 Å². The first-order valence-corrected chi connectivity index (χ1v) is 5.54. The van der Waals surface area contributed by atoms with Crippen LogP contribution >= 0.6 is 43.6 Å². The largest absolute Gasteiger partial charge is 0.197 e. The van der Waals surface area contributed by atoms with Crippen LogP contribution in [0, 0.1) is 0 Å². The normalized spacial score (nSPS) is 9.58. The van der Waals surface area contributed by atoms with Crippen molar-refractivity contribution in [3.63, 3.8) is 0 Å². The van der Waals surface area contributed by atoms with E-state index in [4.69, 9.17) is 0 Å². The van der Waals surface area contributed by atoms with Crippen LogP contribution in [0.5, 0.6) is 0 Å². The number of benzene rings is 1. The first kappa shape index (κ1) is 10.3. The fourth-order valence-electron chi connectivity index (χ4n) is 0.631. The van der Waals surface area contributed by atoms with Crippen molar-refractivity contribution in [2.75, 3.05) is 0 Å². The maximum atomic E-state index is 13.0. The molecule has 4 heteroatoms. The first-order valence-electron chi connectivity index (χ1n) is 3.14. The summed E-state index contributed by atoms with van der Waals surface area (Å²) in [6.45, 7) is 0. The average Bonchev–Trinajstić information content (AvgIpc) is 2.06. The van der Waals surface area contributed by atoms with E-state index in [2.05, 4.69) is 31.9 Å².